The minimum atomic E-state index is -5.00. The van der Waals surface area contributed by atoms with Gasteiger partial charge in [0.05, 0.1) is 12.6 Å². The predicted molar refractivity (Wildman–Crippen MR) is 77.1 cm³/mol. The highest BCUT2D eigenvalue weighted by molar-refractivity contribution is 5.68. The van der Waals surface area contributed by atoms with Crippen molar-refractivity contribution in [3.05, 3.63) is 29.6 Å². The first-order chi connectivity index (χ1) is 10.9. The van der Waals surface area contributed by atoms with E-state index in [9.17, 15) is 22.4 Å². The van der Waals surface area contributed by atoms with Gasteiger partial charge in [0.25, 0.3) is 0 Å². The molecule has 1 atom stereocenters. The molecule has 0 aliphatic heterocycles. The van der Waals surface area contributed by atoms with Gasteiger partial charge in [0.1, 0.15) is 5.60 Å². The van der Waals surface area contributed by atoms with E-state index in [1.165, 1.54) is 13.2 Å². The number of rotatable bonds is 5. The van der Waals surface area contributed by atoms with Crippen molar-refractivity contribution in [2.45, 2.75) is 38.8 Å². The van der Waals surface area contributed by atoms with Crippen LogP contribution in [0, 0.1) is 5.82 Å². The Labute approximate surface area is 136 Å². The second kappa shape index (κ2) is 7.69. The molecule has 1 amide bonds. The minimum Gasteiger partial charge on any atom is -0.444 e. The van der Waals surface area contributed by atoms with E-state index in [1.807, 2.05) is 0 Å². The van der Waals surface area contributed by atoms with E-state index in [1.54, 1.807) is 20.8 Å². The second-order valence-corrected chi connectivity index (χ2v) is 5.89. The van der Waals surface area contributed by atoms with Crippen LogP contribution in [0.2, 0.25) is 0 Å². The number of hydrogen-bond donors (Lipinski definition) is 1. The van der Waals surface area contributed by atoms with Gasteiger partial charge in [-0.15, -0.1) is 13.2 Å². The Kier molecular flexibility index (Phi) is 6.42. The maximum absolute atomic E-state index is 13.8. The first-order valence-electron chi connectivity index (χ1n) is 6.95. The van der Waals surface area contributed by atoms with Crippen LogP contribution in [0.5, 0.6) is 5.75 Å². The molecule has 1 aromatic carbocycles. The maximum atomic E-state index is 13.8. The summed E-state index contributed by atoms with van der Waals surface area (Å²) >= 11 is 0. The number of halogens is 4. The number of amides is 1. The lowest BCUT2D eigenvalue weighted by molar-refractivity contribution is -0.275. The molecular weight excluding hydrogens is 334 g/mol. The average molecular weight is 353 g/mol. The normalized spacial score (nSPS) is 13.3. The van der Waals surface area contributed by atoms with Crippen LogP contribution >= 0.6 is 0 Å². The molecular formula is C15H19F4NO4. The minimum absolute atomic E-state index is 0.0296. The summed E-state index contributed by atoms with van der Waals surface area (Å²) in [6, 6.07) is 2.06. The van der Waals surface area contributed by atoms with Gasteiger partial charge in [0.15, 0.2) is 11.6 Å². The van der Waals surface area contributed by atoms with Gasteiger partial charge in [-0.1, -0.05) is 6.07 Å². The molecule has 1 rings (SSSR count). The quantitative estimate of drug-likeness (QED) is 0.815. The Balaban J connectivity index is 2.92. The van der Waals surface area contributed by atoms with Gasteiger partial charge in [-0.3, -0.25) is 0 Å². The van der Waals surface area contributed by atoms with E-state index in [4.69, 9.17) is 9.47 Å². The molecule has 0 heterocycles. The first-order valence-corrected chi connectivity index (χ1v) is 6.95. The first kappa shape index (κ1) is 20.0. The largest absolute Gasteiger partial charge is 0.573 e. The van der Waals surface area contributed by atoms with Crippen LogP contribution in [-0.4, -0.2) is 31.8 Å². The number of ether oxygens (including phenoxy) is 3. The lowest BCUT2D eigenvalue weighted by Crippen LogP contribution is -2.36. The van der Waals surface area contributed by atoms with Crippen molar-refractivity contribution in [2.24, 2.45) is 0 Å². The van der Waals surface area contributed by atoms with Crippen molar-refractivity contribution < 1.29 is 36.6 Å². The Hall–Kier alpha value is -2.03. The number of hydrogen-bond acceptors (Lipinski definition) is 4. The standard InChI is InChI=1S/C15H19F4NO4/c1-14(2,3)24-13(21)20-11(8-22-4)9-5-6-12(10(16)7-9)23-15(17,18)19/h5-7,11H,8H2,1-4H3,(H,20,21)/t11-/m1/s1. The zero-order valence-electron chi connectivity index (χ0n) is 13.7. The van der Waals surface area contributed by atoms with Gasteiger partial charge in [0, 0.05) is 7.11 Å². The zero-order chi connectivity index (χ0) is 18.5. The smallest absolute Gasteiger partial charge is 0.444 e. The molecule has 1 aromatic rings. The van der Waals surface area contributed by atoms with Crippen molar-refractivity contribution in [1.82, 2.24) is 5.32 Å². The van der Waals surface area contributed by atoms with E-state index < -0.39 is 35.7 Å². The fourth-order valence-corrected chi connectivity index (χ4v) is 1.78. The van der Waals surface area contributed by atoms with Crippen LogP contribution in [0.1, 0.15) is 32.4 Å². The molecule has 0 fully saturated rings. The Morgan fingerprint density at radius 3 is 2.33 bits per heavy atom. The molecule has 5 nitrogen and oxygen atoms in total. The van der Waals surface area contributed by atoms with Crippen LogP contribution in [-0.2, 0) is 9.47 Å². The molecule has 1 N–H and O–H groups in total. The third-order valence-corrected chi connectivity index (χ3v) is 2.61. The fraction of sp³-hybridized carbons (Fsp3) is 0.533. The van der Waals surface area contributed by atoms with Gasteiger partial charge in [0.2, 0.25) is 0 Å². The SMILES string of the molecule is COC[C@@H](NC(=O)OC(C)(C)C)c1ccc(OC(F)(F)F)c(F)c1. The monoisotopic (exact) mass is 353 g/mol. The number of methoxy groups -OCH3 is 1. The third kappa shape index (κ3) is 7.03. The number of benzene rings is 1. The molecule has 24 heavy (non-hydrogen) atoms. The number of nitrogens with one attached hydrogen (secondary N) is 1. The van der Waals surface area contributed by atoms with Crippen LogP contribution in [0.15, 0.2) is 18.2 Å². The predicted octanol–water partition coefficient (Wildman–Crippen LogP) is 3.94. The average Bonchev–Trinajstić information content (AvgIpc) is 2.37. The maximum Gasteiger partial charge on any atom is 0.573 e. The van der Waals surface area contributed by atoms with Crippen LogP contribution in [0.3, 0.4) is 0 Å². The van der Waals surface area contributed by atoms with E-state index in [0.717, 1.165) is 12.1 Å². The highest BCUT2D eigenvalue weighted by Gasteiger charge is 2.32. The molecule has 0 aromatic heterocycles. The van der Waals surface area contributed by atoms with E-state index in [2.05, 4.69) is 10.1 Å². The molecule has 0 aliphatic carbocycles. The van der Waals surface area contributed by atoms with Crippen LogP contribution in [0.25, 0.3) is 0 Å². The number of alkyl halides is 3. The van der Waals surface area contributed by atoms with Gasteiger partial charge >= 0.3 is 12.5 Å². The van der Waals surface area contributed by atoms with Crippen molar-refractivity contribution >= 4 is 6.09 Å². The summed E-state index contributed by atoms with van der Waals surface area (Å²) in [7, 11) is 1.36. The van der Waals surface area contributed by atoms with Crippen molar-refractivity contribution in [1.29, 1.82) is 0 Å². The Bertz CT molecular complexity index is 570. The van der Waals surface area contributed by atoms with Crippen molar-refractivity contribution in [2.75, 3.05) is 13.7 Å². The van der Waals surface area contributed by atoms with Crippen molar-refractivity contribution in [3.63, 3.8) is 0 Å². The van der Waals surface area contributed by atoms with Gasteiger partial charge in [-0.25, -0.2) is 9.18 Å². The number of carbonyl (C=O) groups is 1. The van der Waals surface area contributed by atoms with Crippen LogP contribution < -0.4 is 10.1 Å². The molecule has 136 valence electrons. The summed E-state index contributed by atoms with van der Waals surface area (Å²) in [5, 5.41) is 2.47. The Morgan fingerprint density at radius 1 is 1.25 bits per heavy atom. The van der Waals surface area contributed by atoms with E-state index >= 15 is 0 Å². The molecule has 0 bridgehead atoms. The third-order valence-electron chi connectivity index (χ3n) is 2.61. The van der Waals surface area contributed by atoms with E-state index in [0.29, 0.717) is 0 Å². The molecule has 0 unspecified atom stereocenters. The molecule has 0 radical (unpaired) electrons. The van der Waals surface area contributed by atoms with Crippen molar-refractivity contribution in [3.8, 4) is 5.75 Å². The van der Waals surface area contributed by atoms with Gasteiger partial charge < -0.3 is 19.5 Å². The van der Waals surface area contributed by atoms with Gasteiger partial charge in [-0.2, -0.15) is 0 Å². The summed E-state index contributed by atoms with van der Waals surface area (Å²) in [4.78, 5) is 11.8. The zero-order valence-corrected chi connectivity index (χ0v) is 13.7. The Morgan fingerprint density at radius 2 is 1.88 bits per heavy atom. The molecule has 0 aliphatic rings. The summed E-state index contributed by atoms with van der Waals surface area (Å²) in [6.07, 6.45) is -5.76. The lowest BCUT2D eigenvalue weighted by Gasteiger charge is -2.23. The second-order valence-electron chi connectivity index (χ2n) is 5.89. The lowest BCUT2D eigenvalue weighted by atomic mass is 10.1. The molecule has 0 saturated carbocycles. The molecule has 0 spiro atoms. The number of alkyl carbamates (subject to hydrolysis) is 1. The highest BCUT2D eigenvalue weighted by Crippen LogP contribution is 2.28. The van der Waals surface area contributed by atoms with Gasteiger partial charge in [-0.05, 0) is 38.5 Å². The number of carbonyl (C=O) groups excluding carboxylic acids is 1. The fourth-order valence-electron chi connectivity index (χ4n) is 1.78. The highest BCUT2D eigenvalue weighted by atomic mass is 19.4. The topological polar surface area (TPSA) is 56.8 Å². The summed E-state index contributed by atoms with van der Waals surface area (Å²) in [5.41, 5.74) is -0.535. The molecule has 0 saturated heterocycles. The van der Waals surface area contributed by atoms with E-state index in [-0.39, 0.29) is 12.2 Å². The summed E-state index contributed by atoms with van der Waals surface area (Å²) < 4.78 is 63.8. The summed E-state index contributed by atoms with van der Waals surface area (Å²) in [5.74, 6) is -2.17. The van der Waals surface area contributed by atoms with Crippen LogP contribution in [0.4, 0.5) is 22.4 Å². The molecule has 9 heteroatoms. The summed E-state index contributed by atoms with van der Waals surface area (Å²) in [6.45, 7) is 4.97.